The van der Waals surface area contributed by atoms with Crippen molar-refractivity contribution in [3.8, 4) is 0 Å². The first-order valence-electron chi connectivity index (χ1n) is 0. The Hall–Kier alpha value is 2.26. The van der Waals surface area contributed by atoms with Crippen molar-refractivity contribution in [2.75, 3.05) is 0 Å². The van der Waals surface area contributed by atoms with Gasteiger partial charge in [0.1, 0.15) is 0 Å². The van der Waals surface area contributed by atoms with Crippen molar-refractivity contribution in [3.05, 3.63) is 0 Å². The molecular weight excluding hydrogens is 377 g/mol. The van der Waals surface area contributed by atoms with Gasteiger partial charge in [-0.2, -0.15) is 0 Å². The number of rotatable bonds is 0. The minimum absolute atomic E-state index is 0. The van der Waals surface area contributed by atoms with Gasteiger partial charge in [-0.05, 0) is 0 Å². The van der Waals surface area contributed by atoms with Crippen molar-refractivity contribution in [1.29, 1.82) is 0 Å². The van der Waals surface area contributed by atoms with Crippen molar-refractivity contribution in [2.24, 2.45) is 0 Å². The van der Waals surface area contributed by atoms with Crippen LogP contribution in [0.25, 0.3) is 0 Å². The van der Waals surface area contributed by atoms with Crippen molar-refractivity contribution in [3.63, 3.8) is 0 Å². The summed E-state index contributed by atoms with van der Waals surface area (Å²) in [4.78, 5) is 0. The molecule has 5 heteroatoms. The van der Waals surface area contributed by atoms with E-state index in [0.717, 1.165) is 0 Å². The molecule has 0 heterocycles. The Morgan fingerprint density at radius 2 is 0.600 bits per heavy atom. The van der Waals surface area contributed by atoms with Gasteiger partial charge in [0.2, 0.25) is 0 Å². The van der Waals surface area contributed by atoms with Gasteiger partial charge in [0, 0.05) is 0 Å². The maximum Gasteiger partial charge on any atom is 4.00 e. The first-order valence-corrected chi connectivity index (χ1v) is 0. The normalized spacial score (nSPS) is 0. The first-order chi connectivity index (χ1) is 0. The number of halogens is 2. The minimum atomic E-state index is 0. The van der Waals surface area contributed by atoms with E-state index in [-0.39, 0.29) is 85.1 Å². The second kappa shape index (κ2) is 33.9. The summed E-state index contributed by atoms with van der Waals surface area (Å²) >= 11 is 0. The van der Waals surface area contributed by atoms with Crippen molar-refractivity contribution >= 4 is 0 Å². The monoisotopic (exact) mass is 378 g/mol. The molecule has 32 valence electrons. The molecule has 0 bridgehead atoms. The maximum absolute atomic E-state index is 0. The van der Waals surface area contributed by atoms with Crippen LogP contribution in [0.5, 0.6) is 0 Å². The summed E-state index contributed by atoms with van der Waals surface area (Å²) in [5.74, 6) is 0. The SMILES string of the molecule is [I-].[I-].[OH-].[OH-].[Zr+4]. The van der Waals surface area contributed by atoms with E-state index < -0.39 is 0 Å². The molecule has 0 saturated carbocycles. The molecule has 0 aromatic carbocycles. The van der Waals surface area contributed by atoms with Gasteiger partial charge >= 0.3 is 26.2 Å². The van der Waals surface area contributed by atoms with Crippen LogP contribution in [0.1, 0.15) is 0 Å². The summed E-state index contributed by atoms with van der Waals surface area (Å²) in [6.45, 7) is 0. The van der Waals surface area contributed by atoms with E-state index in [2.05, 4.69) is 0 Å². The molecule has 0 unspecified atom stereocenters. The van der Waals surface area contributed by atoms with Crippen molar-refractivity contribution in [2.45, 2.75) is 0 Å². The molecule has 0 aromatic heterocycles. The summed E-state index contributed by atoms with van der Waals surface area (Å²) in [7, 11) is 0. The third-order valence-electron chi connectivity index (χ3n) is 0. The summed E-state index contributed by atoms with van der Waals surface area (Å²) in [6, 6.07) is 0. The van der Waals surface area contributed by atoms with E-state index in [1.165, 1.54) is 0 Å². The van der Waals surface area contributed by atoms with E-state index in [1.54, 1.807) is 0 Å². The zero-order chi connectivity index (χ0) is 0. The molecule has 0 aliphatic carbocycles. The molecule has 0 amide bonds. The second-order valence-electron chi connectivity index (χ2n) is 0. The first kappa shape index (κ1) is 55.6. The quantitative estimate of drug-likeness (QED) is 0.394. The molecule has 0 aliphatic heterocycles. The molecule has 0 fully saturated rings. The van der Waals surface area contributed by atoms with Gasteiger partial charge in [-0.25, -0.2) is 0 Å². The predicted molar refractivity (Wildman–Crippen MR) is 3.87 cm³/mol. The fraction of sp³-hybridized carbons (Fsp3) is 0. The number of hydrogen-bond acceptors (Lipinski definition) is 2. The fourth-order valence-corrected chi connectivity index (χ4v) is 0. The van der Waals surface area contributed by atoms with Crippen LogP contribution in [0.15, 0.2) is 0 Å². The standard InChI is InChI=1S/2HI.2H2O.Zr/h2*1H;2*1H2;/q;;;;+4/p-4. The number of hydrogen-bond donors (Lipinski definition) is 0. The second-order valence-corrected chi connectivity index (χ2v) is 0. The molecule has 0 aliphatic rings. The minimum Gasteiger partial charge on any atom is -1.00 e. The van der Waals surface area contributed by atoms with Gasteiger partial charge in [0.25, 0.3) is 0 Å². The molecule has 0 aromatic rings. The zero-order valence-corrected chi connectivity index (χ0v) is 8.92. The Morgan fingerprint density at radius 1 is 0.600 bits per heavy atom. The van der Waals surface area contributed by atoms with E-state index in [4.69, 9.17) is 0 Å². The third-order valence-corrected chi connectivity index (χ3v) is 0. The van der Waals surface area contributed by atoms with Gasteiger partial charge < -0.3 is 58.9 Å². The molecule has 2 N–H and O–H groups in total. The molecule has 0 saturated heterocycles. The summed E-state index contributed by atoms with van der Waals surface area (Å²) in [5, 5.41) is 0. The molecule has 0 spiro atoms. The Bertz CT molecular complexity index is 7.61. The Labute approximate surface area is 83.9 Å². The fourth-order valence-electron chi connectivity index (χ4n) is 0. The predicted octanol–water partition coefficient (Wildman–Crippen LogP) is -6.35. The van der Waals surface area contributed by atoms with Crippen LogP contribution in [0.2, 0.25) is 0 Å². The van der Waals surface area contributed by atoms with Crippen LogP contribution in [-0.2, 0) is 26.2 Å². The molecule has 2 nitrogen and oxygen atoms in total. The van der Waals surface area contributed by atoms with Gasteiger partial charge in [0.15, 0.2) is 0 Å². The van der Waals surface area contributed by atoms with Crippen molar-refractivity contribution in [1.82, 2.24) is 0 Å². The van der Waals surface area contributed by atoms with Crippen LogP contribution in [0, 0.1) is 0 Å². The third kappa shape index (κ3) is 22.2. The van der Waals surface area contributed by atoms with E-state index in [1.807, 2.05) is 0 Å². The molecule has 5 heavy (non-hydrogen) atoms. The van der Waals surface area contributed by atoms with Crippen LogP contribution >= 0.6 is 0 Å². The van der Waals surface area contributed by atoms with E-state index >= 15 is 0 Å². The van der Waals surface area contributed by atoms with Crippen LogP contribution in [0.3, 0.4) is 0 Å². The van der Waals surface area contributed by atoms with Gasteiger partial charge in [-0.15, -0.1) is 0 Å². The largest absolute Gasteiger partial charge is 4.00 e. The molecule has 0 rings (SSSR count). The molecular formula is H2I2O2Zr. The maximum atomic E-state index is 0. The Balaban J connectivity index is 0. The molecule has 0 radical (unpaired) electrons. The Kier molecular flexibility index (Phi) is 377. The average molecular weight is 379 g/mol. The van der Waals surface area contributed by atoms with Gasteiger partial charge in [-0.3, -0.25) is 0 Å². The summed E-state index contributed by atoms with van der Waals surface area (Å²) in [6.07, 6.45) is 0. The summed E-state index contributed by atoms with van der Waals surface area (Å²) < 4.78 is 0. The smallest absolute Gasteiger partial charge is 1.00 e. The molecule has 0 atom stereocenters. The van der Waals surface area contributed by atoms with Crippen LogP contribution in [0.4, 0.5) is 0 Å². The zero-order valence-electron chi connectivity index (χ0n) is 2.15. The average Bonchev–Trinajstić information content (AvgIpc) is 0. The topological polar surface area (TPSA) is 60.0 Å². The Morgan fingerprint density at radius 3 is 0.600 bits per heavy atom. The summed E-state index contributed by atoms with van der Waals surface area (Å²) in [5.41, 5.74) is 0. The van der Waals surface area contributed by atoms with Crippen LogP contribution < -0.4 is 48.0 Å². The van der Waals surface area contributed by atoms with Crippen molar-refractivity contribution < 1.29 is 85.1 Å². The van der Waals surface area contributed by atoms with Gasteiger partial charge in [0.05, 0.1) is 0 Å². The van der Waals surface area contributed by atoms with Gasteiger partial charge in [-0.1, -0.05) is 0 Å². The van der Waals surface area contributed by atoms with E-state index in [0.29, 0.717) is 0 Å². The van der Waals surface area contributed by atoms with Crippen LogP contribution in [-0.4, -0.2) is 11.0 Å². The van der Waals surface area contributed by atoms with E-state index in [9.17, 15) is 0 Å².